The molecule has 8 unspecified atom stereocenters. The van der Waals surface area contributed by atoms with Gasteiger partial charge in [-0.1, -0.05) is 42.5 Å². The van der Waals surface area contributed by atoms with E-state index in [1.54, 1.807) is 5.57 Å². The standard InChI is InChI=1S/C31H43BO3/c1-29(2)30(3,4)35-32(34-29)26-18-11-17-25-28(26)33-27-19-10-9-16-24(27)31(25)22-14-7-5-12-20(22)21-13-6-8-15-23(21)31/h5-6,11-13,16-17,20-23,25-28H,7-10,14-15,18-19H2,1-4H3. The highest BCUT2D eigenvalue weighted by Gasteiger charge is 2.69. The van der Waals surface area contributed by atoms with Crippen molar-refractivity contribution in [3.8, 4) is 0 Å². The Hall–Kier alpha value is -1.10. The molecule has 3 nitrogen and oxygen atoms in total. The lowest BCUT2D eigenvalue weighted by molar-refractivity contribution is -0.131. The Kier molecular flexibility index (Phi) is 5.24. The first-order valence-corrected chi connectivity index (χ1v) is 14.6. The summed E-state index contributed by atoms with van der Waals surface area (Å²) in [7, 11) is -0.200. The van der Waals surface area contributed by atoms with Crippen LogP contribution in [0, 0.1) is 35.0 Å². The Bertz CT molecular complexity index is 945. The molecule has 3 fully saturated rings. The minimum atomic E-state index is -0.303. The van der Waals surface area contributed by atoms with Crippen molar-refractivity contribution in [2.45, 2.75) is 108 Å². The molecule has 4 heteroatoms. The van der Waals surface area contributed by atoms with Crippen LogP contribution in [0.4, 0.5) is 0 Å². The van der Waals surface area contributed by atoms with Gasteiger partial charge in [0.25, 0.3) is 0 Å². The second-order valence-corrected chi connectivity index (χ2v) is 13.5. The van der Waals surface area contributed by atoms with Gasteiger partial charge in [0.2, 0.25) is 0 Å². The summed E-state index contributed by atoms with van der Waals surface area (Å²) in [6, 6.07) is 0. The molecule has 7 rings (SSSR count). The van der Waals surface area contributed by atoms with Crippen LogP contribution in [-0.4, -0.2) is 30.5 Å². The summed E-state index contributed by atoms with van der Waals surface area (Å²) in [5.74, 6) is 3.46. The third-order valence-corrected chi connectivity index (χ3v) is 11.5. The number of rotatable bonds is 1. The molecule has 1 spiro atoms. The maximum Gasteiger partial charge on any atom is 0.464 e. The molecule has 5 aliphatic carbocycles. The van der Waals surface area contributed by atoms with Gasteiger partial charge in [-0.05, 0) is 108 Å². The summed E-state index contributed by atoms with van der Waals surface area (Å²) >= 11 is 0. The lowest BCUT2D eigenvalue weighted by Gasteiger charge is -2.59. The van der Waals surface area contributed by atoms with Crippen LogP contribution in [0.3, 0.4) is 0 Å². The summed E-state index contributed by atoms with van der Waals surface area (Å²) in [6.07, 6.45) is 28.1. The summed E-state index contributed by atoms with van der Waals surface area (Å²) in [4.78, 5) is 0. The normalized spacial score (nSPS) is 48.8. The van der Waals surface area contributed by atoms with E-state index in [9.17, 15) is 0 Å². The van der Waals surface area contributed by atoms with Gasteiger partial charge in [-0.2, -0.15) is 0 Å². The zero-order chi connectivity index (χ0) is 24.0. The maximum atomic E-state index is 7.19. The molecule has 0 aromatic heterocycles. The number of hydrogen-bond donors (Lipinski definition) is 0. The van der Waals surface area contributed by atoms with Crippen molar-refractivity contribution < 1.29 is 14.0 Å². The molecule has 7 aliphatic rings. The van der Waals surface area contributed by atoms with E-state index in [2.05, 4.69) is 70.2 Å². The fourth-order valence-corrected chi connectivity index (χ4v) is 9.48. The van der Waals surface area contributed by atoms with Crippen molar-refractivity contribution in [2.24, 2.45) is 35.0 Å². The molecule has 35 heavy (non-hydrogen) atoms. The maximum absolute atomic E-state index is 7.19. The molecular formula is C31H43BO3. The largest absolute Gasteiger partial charge is 0.464 e. The fraction of sp³-hybridized carbons (Fsp3) is 0.742. The van der Waals surface area contributed by atoms with Gasteiger partial charge in [-0.25, -0.2) is 0 Å². The van der Waals surface area contributed by atoms with E-state index in [0.717, 1.165) is 18.3 Å². The molecule has 0 aromatic rings. The number of ether oxygens (including phenoxy) is 1. The summed E-state index contributed by atoms with van der Waals surface area (Å²) < 4.78 is 20.5. The number of allylic oxidation sites excluding steroid dienone is 6. The van der Waals surface area contributed by atoms with E-state index in [4.69, 9.17) is 14.0 Å². The van der Waals surface area contributed by atoms with Crippen LogP contribution in [0.15, 0.2) is 48.1 Å². The summed E-state index contributed by atoms with van der Waals surface area (Å²) in [5, 5.41) is 0. The van der Waals surface area contributed by atoms with Gasteiger partial charge in [0.1, 0.15) is 0 Å². The Balaban J connectivity index is 1.35. The molecule has 0 aromatic carbocycles. The van der Waals surface area contributed by atoms with E-state index in [0.29, 0.717) is 17.8 Å². The topological polar surface area (TPSA) is 27.7 Å². The van der Waals surface area contributed by atoms with E-state index < -0.39 is 0 Å². The molecule has 8 atom stereocenters. The van der Waals surface area contributed by atoms with E-state index in [1.807, 2.05) is 0 Å². The predicted octanol–water partition coefficient (Wildman–Crippen LogP) is 7.07. The summed E-state index contributed by atoms with van der Waals surface area (Å²) in [5.41, 5.74) is 1.31. The van der Waals surface area contributed by atoms with Gasteiger partial charge < -0.3 is 14.0 Å². The van der Waals surface area contributed by atoms with Crippen molar-refractivity contribution in [1.82, 2.24) is 0 Å². The van der Waals surface area contributed by atoms with E-state index in [-0.39, 0.29) is 41.8 Å². The highest BCUT2D eigenvalue weighted by molar-refractivity contribution is 6.47. The molecule has 1 saturated carbocycles. The molecule has 2 aliphatic heterocycles. The molecule has 0 radical (unpaired) electrons. The Morgan fingerprint density at radius 2 is 1.46 bits per heavy atom. The molecule has 0 bridgehead atoms. The minimum absolute atomic E-state index is 0.172. The molecule has 0 N–H and O–H groups in total. The average molecular weight is 474 g/mol. The van der Waals surface area contributed by atoms with E-state index >= 15 is 0 Å². The minimum Gasteiger partial charge on any atom is -0.403 e. The number of hydrogen-bond acceptors (Lipinski definition) is 3. The van der Waals surface area contributed by atoms with Gasteiger partial charge in [0.15, 0.2) is 0 Å². The molecular weight excluding hydrogens is 431 g/mol. The second-order valence-electron chi connectivity index (χ2n) is 13.5. The quantitative estimate of drug-likeness (QED) is 0.301. The van der Waals surface area contributed by atoms with Gasteiger partial charge in [-0.15, -0.1) is 0 Å². The lowest BCUT2D eigenvalue weighted by Crippen LogP contribution is -2.59. The molecule has 0 amide bonds. The SMILES string of the molecule is CC1(C)OB(C2CC=CC3C2OC2CCCC=C2C32C3CCC=CC3C3C=CCCC32)OC1(C)C. The van der Waals surface area contributed by atoms with E-state index in [1.165, 1.54) is 44.9 Å². The van der Waals surface area contributed by atoms with Crippen molar-refractivity contribution in [2.75, 3.05) is 0 Å². The third-order valence-electron chi connectivity index (χ3n) is 11.5. The lowest BCUT2D eigenvalue weighted by atomic mass is 9.47. The van der Waals surface area contributed by atoms with Gasteiger partial charge in [0.05, 0.1) is 23.4 Å². The monoisotopic (exact) mass is 474 g/mol. The van der Waals surface area contributed by atoms with Crippen LogP contribution in [0.5, 0.6) is 0 Å². The number of fused-ring (bicyclic) bond motifs is 9. The van der Waals surface area contributed by atoms with Crippen LogP contribution >= 0.6 is 0 Å². The second kappa shape index (κ2) is 7.95. The van der Waals surface area contributed by atoms with Gasteiger partial charge in [0, 0.05) is 17.2 Å². The van der Waals surface area contributed by atoms with Crippen molar-refractivity contribution in [1.29, 1.82) is 0 Å². The Morgan fingerprint density at radius 3 is 2.11 bits per heavy atom. The first-order chi connectivity index (χ1) is 16.8. The molecule has 188 valence electrons. The highest BCUT2D eigenvalue weighted by atomic mass is 16.7. The highest BCUT2D eigenvalue weighted by Crippen LogP contribution is 2.71. The van der Waals surface area contributed by atoms with Crippen LogP contribution in [0.1, 0.15) is 79.1 Å². The van der Waals surface area contributed by atoms with Crippen LogP contribution in [-0.2, 0) is 14.0 Å². The predicted molar refractivity (Wildman–Crippen MR) is 141 cm³/mol. The van der Waals surface area contributed by atoms with Crippen molar-refractivity contribution >= 4 is 7.12 Å². The van der Waals surface area contributed by atoms with Gasteiger partial charge in [-0.3, -0.25) is 0 Å². The van der Waals surface area contributed by atoms with Gasteiger partial charge >= 0.3 is 7.12 Å². The zero-order valence-corrected chi connectivity index (χ0v) is 22.1. The van der Waals surface area contributed by atoms with Crippen molar-refractivity contribution in [3.05, 3.63) is 48.1 Å². The molecule has 2 saturated heterocycles. The van der Waals surface area contributed by atoms with Crippen LogP contribution in [0.25, 0.3) is 0 Å². The first kappa shape index (κ1) is 23.1. The average Bonchev–Trinajstić information content (AvgIpc) is 3.27. The zero-order valence-electron chi connectivity index (χ0n) is 22.1. The Morgan fingerprint density at radius 1 is 0.800 bits per heavy atom. The first-order valence-electron chi connectivity index (χ1n) is 14.6. The molecule has 2 heterocycles. The summed E-state index contributed by atoms with van der Waals surface area (Å²) in [6.45, 7) is 8.74. The van der Waals surface area contributed by atoms with Crippen LogP contribution in [0.2, 0.25) is 5.82 Å². The Labute approximate surface area is 212 Å². The fourth-order valence-electron chi connectivity index (χ4n) is 9.48. The van der Waals surface area contributed by atoms with Crippen LogP contribution < -0.4 is 0 Å². The smallest absolute Gasteiger partial charge is 0.403 e. The third kappa shape index (κ3) is 3.09. The van der Waals surface area contributed by atoms with Crippen molar-refractivity contribution in [3.63, 3.8) is 0 Å².